The number of esters is 1. The van der Waals surface area contributed by atoms with E-state index in [0.29, 0.717) is 30.9 Å². The van der Waals surface area contributed by atoms with Crippen LogP contribution in [0.3, 0.4) is 0 Å². The molecule has 2 rings (SSSR count). The molecule has 0 radical (unpaired) electrons. The molecule has 0 aromatic heterocycles. The van der Waals surface area contributed by atoms with E-state index in [1.807, 2.05) is 6.92 Å². The first-order chi connectivity index (χ1) is 12.4. The molecule has 0 spiro atoms. The summed E-state index contributed by atoms with van der Waals surface area (Å²) in [5.74, 6) is -0.397. The summed E-state index contributed by atoms with van der Waals surface area (Å²) in [6.07, 6.45) is 1.09. The normalized spacial score (nSPS) is 16.3. The number of likely N-dealkylation sites (tertiary alicyclic amines) is 1. The Bertz CT molecular complexity index is 677. The molecule has 142 valence electrons. The first kappa shape index (κ1) is 19.7. The van der Waals surface area contributed by atoms with Crippen LogP contribution in [0.25, 0.3) is 0 Å². The number of methoxy groups -OCH3 is 2. The smallest absolute Gasteiger partial charge is 0.321 e. The Morgan fingerprint density at radius 1 is 1.19 bits per heavy atom. The van der Waals surface area contributed by atoms with E-state index in [1.165, 1.54) is 14.2 Å². The lowest BCUT2D eigenvalue weighted by Crippen LogP contribution is -2.33. The van der Waals surface area contributed by atoms with Gasteiger partial charge in [0.1, 0.15) is 6.61 Å². The van der Waals surface area contributed by atoms with Crippen molar-refractivity contribution in [3.05, 3.63) is 23.8 Å². The van der Waals surface area contributed by atoms with Crippen LogP contribution in [-0.2, 0) is 19.1 Å². The van der Waals surface area contributed by atoms with Crippen molar-refractivity contribution in [1.29, 1.82) is 0 Å². The van der Waals surface area contributed by atoms with Gasteiger partial charge >= 0.3 is 12.0 Å². The first-order valence-corrected chi connectivity index (χ1v) is 8.45. The number of urea groups is 1. The Balaban J connectivity index is 1.97. The van der Waals surface area contributed by atoms with Gasteiger partial charge in [0.25, 0.3) is 0 Å². The van der Waals surface area contributed by atoms with E-state index in [1.54, 1.807) is 23.1 Å². The fourth-order valence-corrected chi connectivity index (χ4v) is 2.92. The molecule has 2 N–H and O–H groups in total. The van der Waals surface area contributed by atoms with Crippen LogP contribution in [0.5, 0.6) is 0 Å². The quantitative estimate of drug-likeness (QED) is 0.754. The lowest BCUT2D eigenvalue weighted by atomic mass is 10.1. The first-order valence-electron chi connectivity index (χ1n) is 8.45. The number of benzene rings is 1. The lowest BCUT2D eigenvalue weighted by molar-refractivity contribution is -0.141. The van der Waals surface area contributed by atoms with Crippen LogP contribution in [0, 0.1) is 12.8 Å². The average molecular weight is 363 g/mol. The third-order valence-electron chi connectivity index (χ3n) is 4.38. The third kappa shape index (κ3) is 5.19. The maximum atomic E-state index is 12.5. The summed E-state index contributed by atoms with van der Waals surface area (Å²) in [5.41, 5.74) is 2.01. The molecule has 1 fully saturated rings. The number of hydrogen-bond donors (Lipinski definition) is 2. The Morgan fingerprint density at radius 3 is 2.54 bits per heavy atom. The Morgan fingerprint density at radius 2 is 1.88 bits per heavy atom. The SMILES string of the molecule is COCC(=O)Nc1cccc(NC(=O)N2CC[C@H](CC(=O)OC)C2)c1C. The van der Waals surface area contributed by atoms with Crippen molar-refractivity contribution in [3.8, 4) is 0 Å². The molecule has 1 aliphatic rings. The minimum absolute atomic E-state index is 0.0363. The van der Waals surface area contributed by atoms with E-state index >= 15 is 0 Å². The predicted octanol–water partition coefficient (Wildman–Crippen LogP) is 2.00. The Kier molecular flexibility index (Phi) is 6.97. The second-order valence-corrected chi connectivity index (χ2v) is 6.27. The summed E-state index contributed by atoms with van der Waals surface area (Å²) in [6.45, 7) is 2.90. The van der Waals surface area contributed by atoms with Crippen LogP contribution in [-0.4, -0.2) is 56.7 Å². The number of hydrogen-bond acceptors (Lipinski definition) is 5. The summed E-state index contributed by atoms with van der Waals surface area (Å²) >= 11 is 0. The van der Waals surface area contributed by atoms with Crippen LogP contribution in [0.4, 0.5) is 16.2 Å². The number of anilines is 2. The highest BCUT2D eigenvalue weighted by Gasteiger charge is 2.28. The van der Waals surface area contributed by atoms with E-state index in [0.717, 1.165) is 12.0 Å². The summed E-state index contributed by atoms with van der Waals surface area (Å²) in [7, 11) is 2.82. The van der Waals surface area contributed by atoms with Crippen molar-refractivity contribution in [2.24, 2.45) is 5.92 Å². The molecule has 0 unspecified atom stereocenters. The van der Waals surface area contributed by atoms with Crippen molar-refractivity contribution >= 4 is 29.3 Å². The van der Waals surface area contributed by atoms with Crippen LogP contribution in [0.1, 0.15) is 18.4 Å². The molecule has 3 amide bonds. The fourth-order valence-electron chi connectivity index (χ4n) is 2.92. The van der Waals surface area contributed by atoms with Crippen LogP contribution in [0.15, 0.2) is 18.2 Å². The molecule has 1 heterocycles. The van der Waals surface area contributed by atoms with Crippen molar-refractivity contribution < 1.29 is 23.9 Å². The van der Waals surface area contributed by atoms with Gasteiger partial charge in [-0.1, -0.05) is 6.07 Å². The molecule has 1 aromatic rings. The van der Waals surface area contributed by atoms with Crippen molar-refractivity contribution in [2.45, 2.75) is 19.8 Å². The summed E-state index contributed by atoms with van der Waals surface area (Å²) in [4.78, 5) is 37.2. The standard InChI is InChI=1S/C18H25N3O5/c1-12-14(19-16(22)11-25-2)5-4-6-15(12)20-18(24)21-8-7-13(10-21)9-17(23)26-3/h4-6,13H,7-11H2,1-3H3,(H,19,22)(H,20,24)/t13-/m1/s1. The molecule has 0 bridgehead atoms. The predicted molar refractivity (Wildman–Crippen MR) is 97.0 cm³/mol. The van der Waals surface area contributed by atoms with Crippen LogP contribution < -0.4 is 10.6 Å². The zero-order valence-electron chi connectivity index (χ0n) is 15.3. The monoisotopic (exact) mass is 363 g/mol. The third-order valence-corrected chi connectivity index (χ3v) is 4.38. The molecular formula is C18H25N3O5. The molecule has 1 aliphatic heterocycles. The topological polar surface area (TPSA) is 97.0 Å². The zero-order valence-corrected chi connectivity index (χ0v) is 15.3. The molecule has 26 heavy (non-hydrogen) atoms. The van der Waals surface area contributed by atoms with E-state index in [9.17, 15) is 14.4 Å². The Hall–Kier alpha value is -2.61. The van der Waals surface area contributed by atoms with E-state index < -0.39 is 0 Å². The van der Waals surface area contributed by atoms with Crippen LogP contribution >= 0.6 is 0 Å². The van der Waals surface area contributed by atoms with Gasteiger partial charge in [-0.15, -0.1) is 0 Å². The molecule has 8 nitrogen and oxygen atoms in total. The van der Waals surface area contributed by atoms with E-state index in [2.05, 4.69) is 15.4 Å². The minimum Gasteiger partial charge on any atom is -0.469 e. The van der Waals surface area contributed by atoms with Gasteiger partial charge in [-0.25, -0.2) is 4.79 Å². The average Bonchev–Trinajstić information content (AvgIpc) is 3.07. The number of carbonyl (C=O) groups excluding carboxylic acids is 3. The second kappa shape index (κ2) is 9.19. The summed E-state index contributed by atoms with van der Waals surface area (Å²) in [6, 6.07) is 5.08. The largest absolute Gasteiger partial charge is 0.469 e. The van der Waals surface area contributed by atoms with Crippen molar-refractivity contribution in [3.63, 3.8) is 0 Å². The van der Waals surface area contributed by atoms with Gasteiger partial charge < -0.3 is 25.0 Å². The molecular weight excluding hydrogens is 338 g/mol. The van der Waals surface area contributed by atoms with Gasteiger partial charge in [-0.3, -0.25) is 9.59 Å². The maximum absolute atomic E-state index is 12.5. The van der Waals surface area contributed by atoms with Gasteiger partial charge in [-0.05, 0) is 37.0 Å². The highest BCUT2D eigenvalue weighted by molar-refractivity contribution is 5.95. The van der Waals surface area contributed by atoms with E-state index in [4.69, 9.17) is 4.74 Å². The lowest BCUT2D eigenvalue weighted by Gasteiger charge is -2.19. The number of ether oxygens (including phenoxy) is 2. The van der Waals surface area contributed by atoms with Crippen LogP contribution in [0.2, 0.25) is 0 Å². The number of nitrogens with zero attached hydrogens (tertiary/aromatic N) is 1. The number of rotatable bonds is 6. The molecule has 0 saturated carbocycles. The molecule has 1 atom stereocenters. The van der Waals surface area contributed by atoms with Gasteiger partial charge in [-0.2, -0.15) is 0 Å². The second-order valence-electron chi connectivity index (χ2n) is 6.27. The van der Waals surface area contributed by atoms with Crippen molar-refractivity contribution in [2.75, 3.05) is 44.5 Å². The van der Waals surface area contributed by atoms with Gasteiger partial charge in [0.15, 0.2) is 0 Å². The number of carbonyl (C=O) groups is 3. The molecule has 8 heteroatoms. The minimum atomic E-state index is -0.260. The zero-order chi connectivity index (χ0) is 19.1. The van der Waals surface area contributed by atoms with Gasteiger partial charge in [0, 0.05) is 31.6 Å². The fraction of sp³-hybridized carbons (Fsp3) is 0.500. The Labute approximate surface area is 152 Å². The molecule has 1 saturated heterocycles. The number of nitrogens with one attached hydrogen (secondary N) is 2. The van der Waals surface area contributed by atoms with Gasteiger partial charge in [0.05, 0.1) is 13.5 Å². The molecule has 1 aromatic carbocycles. The van der Waals surface area contributed by atoms with E-state index in [-0.39, 0.29) is 30.4 Å². The number of amides is 3. The van der Waals surface area contributed by atoms with Gasteiger partial charge in [0.2, 0.25) is 5.91 Å². The maximum Gasteiger partial charge on any atom is 0.321 e. The summed E-state index contributed by atoms with van der Waals surface area (Å²) < 4.78 is 9.48. The highest BCUT2D eigenvalue weighted by Crippen LogP contribution is 2.25. The summed E-state index contributed by atoms with van der Waals surface area (Å²) in [5, 5.41) is 5.62. The molecule has 0 aliphatic carbocycles. The highest BCUT2D eigenvalue weighted by atomic mass is 16.5. The van der Waals surface area contributed by atoms with Crippen molar-refractivity contribution in [1.82, 2.24) is 4.90 Å².